The minimum Gasteiger partial charge on any atom is -0.497 e. The Morgan fingerprint density at radius 2 is 1.81 bits per heavy atom. The summed E-state index contributed by atoms with van der Waals surface area (Å²) in [4.78, 5) is 18.5. The number of benzene rings is 2. The van der Waals surface area contributed by atoms with Crippen LogP contribution >= 0.6 is 11.8 Å². The molecule has 0 fully saturated rings. The molecule has 0 amide bonds. The predicted octanol–water partition coefficient (Wildman–Crippen LogP) is 4.89. The van der Waals surface area contributed by atoms with Gasteiger partial charge in [-0.2, -0.15) is 5.10 Å². The molecule has 4 rings (SSSR count). The van der Waals surface area contributed by atoms with Crippen molar-refractivity contribution < 1.29 is 4.74 Å². The first-order valence-electron chi connectivity index (χ1n) is 10.7. The molecule has 4 aromatic rings. The van der Waals surface area contributed by atoms with E-state index in [2.05, 4.69) is 37.1 Å². The second-order valence-electron chi connectivity index (χ2n) is 7.95. The van der Waals surface area contributed by atoms with E-state index in [0.717, 1.165) is 22.8 Å². The van der Waals surface area contributed by atoms with E-state index >= 15 is 0 Å². The zero-order valence-electron chi connectivity index (χ0n) is 19.2. The Labute approximate surface area is 192 Å². The molecule has 0 saturated carbocycles. The van der Waals surface area contributed by atoms with Gasteiger partial charge in [-0.05, 0) is 56.5 Å². The molecule has 7 heteroatoms. The number of thioether (sulfide) groups is 1. The Morgan fingerprint density at radius 3 is 2.50 bits per heavy atom. The Balaban J connectivity index is 1.79. The summed E-state index contributed by atoms with van der Waals surface area (Å²) in [5.41, 5.74) is 6.71. The van der Waals surface area contributed by atoms with Crippen LogP contribution in [0.4, 0.5) is 0 Å². The van der Waals surface area contributed by atoms with Crippen LogP contribution in [0.15, 0.2) is 52.4 Å². The normalized spacial score (nSPS) is 11.3. The number of rotatable bonds is 7. The molecule has 0 saturated heterocycles. The molecule has 32 heavy (non-hydrogen) atoms. The number of fused-ring (bicyclic) bond motifs is 1. The third kappa shape index (κ3) is 4.30. The molecule has 0 unspecified atom stereocenters. The molecule has 0 aliphatic carbocycles. The monoisotopic (exact) mass is 448 g/mol. The minimum atomic E-state index is -0.0586. The van der Waals surface area contributed by atoms with Crippen LogP contribution in [-0.2, 0) is 18.8 Å². The van der Waals surface area contributed by atoms with Gasteiger partial charge in [0.25, 0.3) is 5.56 Å². The van der Waals surface area contributed by atoms with Gasteiger partial charge >= 0.3 is 0 Å². The first-order valence-corrected chi connectivity index (χ1v) is 11.7. The maximum absolute atomic E-state index is 13.6. The van der Waals surface area contributed by atoms with Crippen LogP contribution in [0.3, 0.4) is 0 Å². The summed E-state index contributed by atoms with van der Waals surface area (Å²) >= 11 is 1.59. The Bertz CT molecular complexity index is 1320. The molecule has 2 aromatic heterocycles. The van der Waals surface area contributed by atoms with Gasteiger partial charge in [-0.1, -0.05) is 47.7 Å². The molecule has 2 heterocycles. The van der Waals surface area contributed by atoms with Crippen molar-refractivity contribution in [3.8, 4) is 5.75 Å². The summed E-state index contributed by atoms with van der Waals surface area (Å²) in [6.45, 7) is 9.18. The van der Waals surface area contributed by atoms with Crippen molar-refractivity contribution in [1.29, 1.82) is 0 Å². The molecular formula is C25H28N4O2S. The van der Waals surface area contributed by atoms with Gasteiger partial charge in [-0.15, -0.1) is 0 Å². The first-order chi connectivity index (χ1) is 15.4. The first kappa shape index (κ1) is 22.1. The van der Waals surface area contributed by atoms with Gasteiger partial charge in [0, 0.05) is 12.3 Å². The molecule has 166 valence electrons. The van der Waals surface area contributed by atoms with E-state index in [9.17, 15) is 4.79 Å². The lowest BCUT2D eigenvalue weighted by Crippen LogP contribution is -2.25. The van der Waals surface area contributed by atoms with Gasteiger partial charge in [-0.25, -0.2) is 4.98 Å². The molecular weight excluding hydrogens is 420 g/mol. The maximum Gasteiger partial charge on any atom is 0.280 e. The highest BCUT2D eigenvalue weighted by Crippen LogP contribution is 2.26. The predicted molar refractivity (Wildman–Crippen MR) is 130 cm³/mol. The highest BCUT2D eigenvalue weighted by atomic mass is 32.2. The Hall–Kier alpha value is -3.06. The van der Waals surface area contributed by atoms with E-state index in [1.807, 2.05) is 38.1 Å². The minimum absolute atomic E-state index is 0.0586. The smallest absolute Gasteiger partial charge is 0.280 e. The molecule has 0 aliphatic heterocycles. The van der Waals surface area contributed by atoms with Crippen LogP contribution in [0.2, 0.25) is 0 Å². The fourth-order valence-corrected chi connectivity index (χ4v) is 4.83. The summed E-state index contributed by atoms with van der Waals surface area (Å²) in [6.07, 6.45) is 0. The van der Waals surface area contributed by atoms with E-state index in [1.165, 1.54) is 16.7 Å². The van der Waals surface area contributed by atoms with Crippen LogP contribution < -0.4 is 10.3 Å². The van der Waals surface area contributed by atoms with Gasteiger partial charge in [0.1, 0.15) is 11.3 Å². The van der Waals surface area contributed by atoms with Crippen molar-refractivity contribution in [3.05, 3.63) is 80.8 Å². The third-order valence-electron chi connectivity index (χ3n) is 5.64. The van der Waals surface area contributed by atoms with E-state index in [4.69, 9.17) is 9.72 Å². The largest absolute Gasteiger partial charge is 0.497 e. The van der Waals surface area contributed by atoms with Crippen LogP contribution in [0.1, 0.15) is 34.9 Å². The maximum atomic E-state index is 13.6. The lowest BCUT2D eigenvalue weighted by atomic mass is 10.1. The van der Waals surface area contributed by atoms with Crippen LogP contribution in [0.5, 0.6) is 5.75 Å². The Morgan fingerprint density at radius 1 is 1.06 bits per heavy atom. The zero-order chi connectivity index (χ0) is 22.8. The fourth-order valence-electron chi connectivity index (χ4n) is 3.78. The molecule has 2 aromatic carbocycles. The SMILES string of the molecule is CCn1nc(C)c2nc(SCc3cc(C)ccc3C)n(Cc3ccc(OC)cc3)c(=O)c21. The van der Waals surface area contributed by atoms with Crippen molar-refractivity contribution in [2.45, 2.75) is 51.7 Å². The molecule has 6 nitrogen and oxygen atoms in total. The molecule has 0 bridgehead atoms. The van der Waals surface area contributed by atoms with Gasteiger partial charge in [0.15, 0.2) is 10.7 Å². The van der Waals surface area contributed by atoms with E-state index in [-0.39, 0.29) is 5.56 Å². The van der Waals surface area contributed by atoms with Gasteiger partial charge in [-0.3, -0.25) is 14.0 Å². The molecule has 0 spiro atoms. The van der Waals surface area contributed by atoms with E-state index in [0.29, 0.717) is 29.3 Å². The summed E-state index contributed by atoms with van der Waals surface area (Å²) in [6, 6.07) is 14.3. The lowest BCUT2D eigenvalue weighted by Gasteiger charge is -2.14. The number of aromatic nitrogens is 4. The van der Waals surface area contributed by atoms with E-state index in [1.54, 1.807) is 28.1 Å². The molecule has 0 radical (unpaired) electrons. The van der Waals surface area contributed by atoms with Crippen molar-refractivity contribution in [2.24, 2.45) is 0 Å². The summed E-state index contributed by atoms with van der Waals surface area (Å²) in [5, 5.41) is 5.25. The summed E-state index contributed by atoms with van der Waals surface area (Å²) in [5.74, 6) is 1.54. The molecule has 0 atom stereocenters. The van der Waals surface area contributed by atoms with Gasteiger partial charge in [0.2, 0.25) is 0 Å². The number of ether oxygens (including phenoxy) is 1. The van der Waals surface area contributed by atoms with Gasteiger partial charge < -0.3 is 4.74 Å². The van der Waals surface area contributed by atoms with Crippen LogP contribution in [-0.4, -0.2) is 26.4 Å². The highest BCUT2D eigenvalue weighted by Gasteiger charge is 2.19. The fraction of sp³-hybridized carbons (Fsp3) is 0.320. The van der Waals surface area contributed by atoms with Crippen molar-refractivity contribution >= 4 is 22.8 Å². The van der Waals surface area contributed by atoms with Crippen LogP contribution in [0.25, 0.3) is 11.0 Å². The number of hydrogen-bond acceptors (Lipinski definition) is 5. The van der Waals surface area contributed by atoms with Crippen molar-refractivity contribution in [3.63, 3.8) is 0 Å². The summed E-state index contributed by atoms with van der Waals surface area (Å²) in [7, 11) is 1.65. The zero-order valence-corrected chi connectivity index (χ0v) is 20.0. The quantitative estimate of drug-likeness (QED) is 0.298. The standard InChI is InChI=1S/C25H28N4O2S/c1-6-29-23-22(18(4)27-29)26-25(32-15-20-13-16(2)7-8-17(20)3)28(24(23)30)14-19-9-11-21(31-5)12-10-19/h7-13H,6,14-15H2,1-5H3. The number of nitrogens with zero attached hydrogens (tertiary/aromatic N) is 4. The topological polar surface area (TPSA) is 61.9 Å². The third-order valence-corrected chi connectivity index (χ3v) is 6.67. The lowest BCUT2D eigenvalue weighted by molar-refractivity contribution is 0.414. The van der Waals surface area contributed by atoms with Crippen LogP contribution in [0, 0.1) is 20.8 Å². The average molecular weight is 449 g/mol. The molecule has 0 aliphatic rings. The summed E-state index contributed by atoms with van der Waals surface area (Å²) < 4.78 is 8.79. The second kappa shape index (κ2) is 9.20. The Kier molecular flexibility index (Phi) is 6.37. The van der Waals surface area contributed by atoms with Gasteiger partial charge in [0.05, 0.1) is 19.3 Å². The van der Waals surface area contributed by atoms with Crippen molar-refractivity contribution in [2.75, 3.05) is 7.11 Å². The molecule has 0 N–H and O–H groups in total. The number of hydrogen-bond donors (Lipinski definition) is 0. The number of aryl methyl sites for hydroxylation is 4. The van der Waals surface area contributed by atoms with E-state index < -0.39 is 0 Å². The second-order valence-corrected chi connectivity index (χ2v) is 8.89. The van der Waals surface area contributed by atoms with Crippen molar-refractivity contribution in [1.82, 2.24) is 19.3 Å². The average Bonchev–Trinajstić information content (AvgIpc) is 3.12. The highest BCUT2D eigenvalue weighted by molar-refractivity contribution is 7.98. The number of methoxy groups -OCH3 is 1.